The van der Waals surface area contributed by atoms with E-state index < -0.39 is 15.8 Å². The van der Waals surface area contributed by atoms with Crippen LogP contribution in [-0.4, -0.2) is 39.5 Å². The lowest BCUT2D eigenvalue weighted by Crippen LogP contribution is -2.35. The number of benzene rings is 1. The number of rotatable bonds is 9. The Morgan fingerprint density at radius 1 is 1.29 bits per heavy atom. The van der Waals surface area contributed by atoms with Crippen molar-refractivity contribution in [2.75, 3.05) is 26.2 Å². The van der Waals surface area contributed by atoms with E-state index in [9.17, 15) is 12.8 Å². The fourth-order valence-corrected chi connectivity index (χ4v) is 3.43. The van der Waals surface area contributed by atoms with Crippen molar-refractivity contribution in [2.45, 2.75) is 31.7 Å². The molecular formula is C14H24FN3O2S. The molecule has 120 valence electrons. The van der Waals surface area contributed by atoms with E-state index >= 15 is 0 Å². The van der Waals surface area contributed by atoms with Gasteiger partial charge in [0.15, 0.2) is 0 Å². The Balaban J connectivity index is 2.76. The van der Waals surface area contributed by atoms with Gasteiger partial charge in [0.1, 0.15) is 5.82 Å². The standard InChI is InChI=1S/C14H24FN3O2S/c1-3-9-18(4-2)10-8-17-21(19,20)14-7-5-6-13(15)12(14)11-16/h5-7,17H,3-4,8-11,16H2,1-2H3. The Morgan fingerprint density at radius 3 is 2.57 bits per heavy atom. The van der Waals surface area contributed by atoms with Gasteiger partial charge in [-0.25, -0.2) is 17.5 Å². The number of hydrogen-bond acceptors (Lipinski definition) is 4. The smallest absolute Gasteiger partial charge is 0.241 e. The molecule has 1 aromatic rings. The predicted octanol–water partition coefficient (Wildman–Crippen LogP) is 1.29. The molecule has 0 spiro atoms. The van der Waals surface area contributed by atoms with E-state index in [0.29, 0.717) is 6.54 Å². The summed E-state index contributed by atoms with van der Waals surface area (Å²) in [5, 5.41) is 0. The van der Waals surface area contributed by atoms with E-state index in [0.717, 1.165) is 19.5 Å². The van der Waals surface area contributed by atoms with Crippen molar-refractivity contribution >= 4 is 10.0 Å². The van der Waals surface area contributed by atoms with Crippen molar-refractivity contribution in [2.24, 2.45) is 5.73 Å². The molecule has 7 heteroatoms. The third-order valence-corrected chi connectivity index (χ3v) is 4.82. The van der Waals surface area contributed by atoms with Crippen LogP contribution in [0.4, 0.5) is 4.39 Å². The number of likely N-dealkylation sites (N-methyl/N-ethyl adjacent to an activating group) is 1. The second-order valence-electron chi connectivity index (χ2n) is 4.75. The van der Waals surface area contributed by atoms with Crippen molar-refractivity contribution in [3.8, 4) is 0 Å². The minimum atomic E-state index is -3.74. The van der Waals surface area contributed by atoms with Gasteiger partial charge in [0.2, 0.25) is 10.0 Å². The summed E-state index contributed by atoms with van der Waals surface area (Å²) in [6.45, 7) is 6.65. The van der Waals surface area contributed by atoms with Gasteiger partial charge < -0.3 is 10.6 Å². The van der Waals surface area contributed by atoms with E-state index in [1.165, 1.54) is 18.2 Å². The van der Waals surface area contributed by atoms with Gasteiger partial charge in [-0.3, -0.25) is 0 Å². The van der Waals surface area contributed by atoms with Crippen molar-refractivity contribution in [3.05, 3.63) is 29.6 Å². The van der Waals surface area contributed by atoms with Gasteiger partial charge in [0, 0.05) is 25.2 Å². The highest BCUT2D eigenvalue weighted by atomic mass is 32.2. The van der Waals surface area contributed by atoms with Crippen LogP contribution in [0.3, 0.4) is 0 Å². The minimum Gasteiger partial charge on any atom is -0.326 e. The molecule has 0 saturated heterocycles. The average Bonchev–Trinajstić information content (AvgIpc) is 2.45. The SMILES string of the molecule is CCCN(CC)CCNS(=O)(=O)c1cccc(F)c1CN. The van der Waals surface area contributed by atoms with Gasteiger partial charge >= 0.3 is 0 Å². The van der Waals surface area contributed by atoms with Crippen LogP contribution in [0, 0.1) is 5.82 Å². The topological polar surface area (TPSA) is 75.4 Å². The third-order valence-electron chi connectivity index (χ3n) is 3.28. The molecule has 0 saturated carbocycles. The van der Waals surface area contributed by atoms with Crippen LogP contribution in [0.1, 0.15) is 25.8 Å². The molecule has 0 aliphatic heterocycles. The van der Waals surface area contributed by atoms with E-state index in [1.54, 1.807) is 0 Å². The van der Waals surface area contributed by atoms with Crippen LogP contribution >= 0.6 is 0 Å². The van der Waals surface area contributed by atoms with Gasteiger partial charge in [-0.1, -0.05) is 19.9 Å². The molecule has 3 N–H and O–H groups in total. The fourth-order valence-electron chi connectivity index (χ4n) is 2.15. The first-order valence-corrected chi connectivity index (χ1v) is 8.64. The van der Waals surface area contributed by atoms with Crippen LogP contribution in [-0.2, 0) is 16.6 Å². The number of hydrogen-bond donors (Lipinski definition) is 2. The average molecular weight is 317 g/mol. The molecule has 0 atom stereocenters. The Morgan fingerprint density at radius 2 is 2.00 bits per heavy atom. The van der Waals surface area contributed by atoms with Crippen molar-refractivity contribution in [3.63, 3.8) is 0 Å². The molecule has 0 unspecified atom stereocenters. The molecule has 21 heavy (non-hydrogen) atoms. The van der Waals surface area contributed by atoms with Gasteiger partial charge in [0.25, 0.3) is 0 Å². The summed E-state index contributed by atoms with van der Waals surface area (Å²) in [6, 6.07) is 3.96. The summed E-state index contributed by atoms with van der Waals surface area (Å²) in [5.74, 6) is -0.596. The van der Waals surface area contributed by atoms with Gasteiger partial charge in [-0.15, -0.1) is 0 Å². The van der Waals surface area contributed by atoms with Crippen LogP contribution in [0.25, 0.3) is 0 Å². The summed E-state index contributed by atoms with van der Waals surface area (Å²) in [6.07, 6.45) is 1.02. The first-order chi connectivity index (χ1) is 9.96. The molecule has 0 radical (unpaired) electrons. The van der Waals surface area contributed by atoms with Crippen LogP contribution in [0.5, 0.6) is 0 Å². The van der Waals surface area contributed by atoms with E-state index in [4.69, 9.17) is 5.73 Å². The van der Waals surface area contributed by atoms with E-state index in [1.807, 2.05) is 6.92 Å². The van der Waals surface area contributed by atoms with Gasteiger partial charge in [0.05, 0.1) is 4.90 Å². The lowest BCUT2D eigenvalue weighted by atomic mass is 10.2. The number of nitrogens with one attached hydrogen (secondary N) is 1. The summed E-state index contributed by atoms with van der Waals surface area (Å²) in [4.78, 5) is 2.07. The second-order valence-corrected chi connectivity index (χ2v) is 6.49. The molecule has 1 aromatic carbocycles. The lowest BCUT2D eigenvalue weighted by molar-refractivity contribution is 0.293. The maximum absolute atomic E-state index is 13.6. The minimum absolute atomic E-state index is 0.0194. The summed E-state index contributed by atoms with van der Waals surface area (Å²) in [7, 11) is -3.74. The monoisotopic (exact) mass is 317 g/mol. The van der Waals surface area contributed by atoms with Crippen molar-refractivity contribution < 1.29 is 12.8 Å². The van der Waals surface area contributed by atoms with Crippen molar-refractivity contribution in [1.29, 1.82) is 0 Å². The summed E-state index contributed by atoms with van der Waals surface area (Å²) >= 11 is 0. The van der Waals surface area contributed by atoms with Crippen LogP contribution < -0.4 is 10.5 Å². The quantitative estimate of drug-likeness (QED) is 0.720. The Kier molecular flexibility index (Phi) is 7.24. The number of halogens is 1. The van der Waals surface area contributed by atoms with E-state index in [2.05, 4.69) is 16.5 Å². The number of nitrogens with zero attached hydrogens (tertiary/aromatic N) is 1. The van der Waals surface area contributed by atoms with Gasteiger partial charge in [-0.2, -0.15) is 0 Å². The van der Waals surface area contributed by atoms with Crippen LogP contribution in [0.2, 0.25) is 0 Å². The summed E-state index contributed by atoms with van der Waals surface area (Å²) < 4.78 is 40.6. The van der Waals surface area contributed by atoms with Gasteiger partial charge in [-0.05, 0) is 31.6 Å². The highest BCUT2D eigenvalue weighted by Gasteiger charge is 2.20. The largest absolute Gasteiger partial charge is 0.326 e. The Bertz CT molecular complexity index is 549. The maximum Gasteiger partial charge on any atom is 0.241 e. The Labute approximate surface area is 126 Å². The molecular weight excluding hydrogens is 293 g/mol. The molecule has 0 fully saturated rings. The predicted molar refractivity (Wildman–Crippen MR) is 81.9 cm³/mol. The zero-order chi connectivity index (χ0) is 15.9. The molecule has 5 nitrogen and oxygen atoms in total. The maximum atomic E-state index is 13.6. The third kappa shape index (κ3) is 5.03. The first kappa shape index (κ1) is 18.0. The molecule has 0 aliphatic carbocycles. The Hall–Kier alpha value is -1.02. The highest BCUT2D eigenvalue weighted by molar-refractivity contribution is 7.89. The molecule has 0 heterocycles. The van der Waals surface area contributed by atoms with Crippen molar-refractivity contribution in [1.82, 2.24) is 9.62 Å². The molecule has 0 amide bonds. The van der Waals surface area contributed by atoms with E-state index in [-0.39, 0.29) is 23.5 Å². The fraction of sp³-hybridized carbons (Fsp3) is 0.571. The normalized spacial score (nSPS) is 12.0. The number of nitrogens with two attached hydrogens (primary N) is 1. The molecule has 1 rings (SSSR count). The van der Waals surface area contributed by atoms with Crippen LogP contribution in [0.15, 0.2) is 23.1 Å². The second kappa shape index (κ2) is 8.43. The lowest BCUT2D eigenvalue weighted by Gasteiger charge is -2.19. The molecule has 0 aromatic heterocycles. The molecule has 0 bridgehead atoms. The molecule has 0 aliphatic rings. The number of sulfonamides is 1. The zero-order valence-electron chi connectivity index (χ0n) is 12.6. The highest BCUT2D eigenvalue weighted by Crippen LogP contribution is 2.18. The first-order valence-electron chi connectivity index (χ1n) is 7.15. The zero-order valence-corrected chi connectivity index (χ0v) is 13.4. The summed E-state index contributed by atoms with van der Waals surface area (Å²) in [5.41, 5.74) is 5.47.